The number of methoxy groups -OCH3 is 1. The van der Waals surface area contributed by atoms with Gasteiger partial charge in [0, 0.05) is 31.4 Å². The molecule has 0 bridgehead atoms. The summed E-state index contributed by atoms with van der Waals surface area (Å²) in [6, 6.07) is 9.81. The van der Waals surface area contributed by atoms with Gasteiger partial charge in [-0.15, -0.1) is 0 Å². The second-order valence-electron chi connectivity index (χ2n) is 6.16. The Balaban J connectivity index is 1.50. The van der Waals surface area contributed by atoms with Crippen LogP contribution in [0.4, 0.5) is 0 Å². The van der Waals surface area contributed by atoms with Crippen molar-refractivity contribution in [1.82, 2.24) is 14.7 Å². The number of rotatable bonds is 6. The number of nitrogens with zero attached hydrogens (tertiary/aromatic N) is 3. The molecule has 1 aliphatic rings. The second-order valence-corrected chi connectivity index (χ2v) is 6.16. The van der Waals surface area contributed by atoms with E-state index in [9.17, 15) is 4.79 Å². The fourth-order valence-corrected chi connectivity index (χ4v) is 3.15. The first kappa shape index (κ1) is 17.2. The molecule has 1 N–H and O–H groups in total. The van der Waals surface area contributed by atoms with Crippen molar-refractivity contribution in [3.8, 4) is 5.75 Å². The van der Waals surface area contributed by atoms with Crippen LogP contribution >= 0.6 is 0 Å². The van der Waals surface area contributed by atoms with Gasteiger partial charge in [0.05, 0.1) is 13.2 Å². The Hall–Kier alpha value is -2.60. The second kappa shape index (κ2) is 7.98. The molecule has 1 saturated heterocycles. The summed E-state index contributed by atoms with van der Waals surface area (Å²) in [4.78, 5) is 13.3. The number of aromatic carboxylic acids is 1. The first-order chi connectivity index (χ1) is 12.2. The number of aromatic nitrogens is 2. The quantitative estimate of drug-likeness (QED) is 0.875. The van der Waals surface area contributed by atoms with E-state index in [-0.39, 0.29) is 11.7 Å². The number of benzene rings is 1. The predicted octanol–water partition coefficient (Wildman–Crippen LogP) is 2.94. The third-order valence-corrected chi connectivity index (χ3v) is 4.56. The normalized spacial score (nSPS) is 16.4. The highest BCUT2D eigenvalue weighted by molar-refractivity contribution is 5.85. The van der Waals surface area contributed by atoms with Crippen molar-refractivity contribution < 1.29 is 14.6 Å². The SMILES string of the molecule is COc1ccccc1/C=C/CN1CCC(n2ccc(C(=O)O)n2)CC1. The van der Waals surface area contributed by atoms with Crippen LogP contribution in [0, 0.1) is 0 Å². The van der Waals surface area contributed by atoms with Gasteiger partial charge < -0.3 is 9.84 Å². The summed E-state index contributed by atoms with van der Waals surface area (Å²) in [7, 11) is 1.68. The lowest BCUT2D eigenvalue weighted by Crippen LogP contribution is -2.34. The molecule has 0 atom stereocenters. The minimum Gasteiger partial charge on any atom is -0.496 e. The van der Waals surface area contributed by atoms with Gasteiger partial charge >= 0.3 is 5.97 Å². The number of hydrogen-bond acceptors (Lipinski definition) is 4. The van der Waals surface area contributed by atoms with E-state index in [2.05, 4.69) is 22.2 Å². The molecule has 1 aliphatic heterocycles. The zero-order valence-electron chi connectivity index (χ0n) is 14.3. The van der Waals surface area contributed by atoms with E-state index in [1.807, 2.05) is 24.3 Å². The number of carboxylic acids is 1. The fraction of sp³-hybridized carbons (Fsp3) is 0.368. The third-order valence-electron chi connectivity index (χ3n) is 4.56. The van der Waals surface area contributed by atoms with Crippen molar-refractivity contribution in [2.75, 3.05) is 26.7 Å². The van der Waals surface area contributed by atoms with E-state index in [4.69, 9.17) is 9.84 Å². The minimum absolute atomic E-state index is 0.113. The number of hydrogen-bond donors (Lipinski definition) is 1. The van der Waals surface area contributed by atoms with Gasteiger partial charge in [-0.1, -0.05) is 30.4 Å². The average Bonchev–Trinajstić information content (AvgIpc) is 3.13. The molecule has 3 rings (SSSR count). The Morgan fingerprint density at radius 3 is 2.76 bits per heavy atom. The molecule has 0 spiro atoms. The fourth-order valence-electron chi connectivity index (χ4n) is 3.15. The summed E-state index contributed by atoms with van der Waals surface area (Å²) >= 11 is 0. The van der Waals surface area contributed by atoms with Crippen molar-refractivity contribution in [3.63, 3.8) is 0 Å². The van der Waals surface area contributed by atoms with Crippen molar-refractivity contribution in [1.29, 1.82) is 0 Å². The average molecular weight is 341 g/mol. The minimum atomic E-state index is -0.974. The third kappa shape index (κ3) is 4.28. The Labute approximate surface area is 147 Å². The maximum Gasteiger partial charge on any atom is 0.356 e. The van der Waals surface area contributed by atoms with Crippen LogP contribution in [0.15, 0.2) is 42.6 Å². The Morgan fingerprint density at radius 1 is 1.32 bits per heavy atom. The maximum absolute atomic E-state index is 10.9. The Kier molecular flexibility index (Phi) is 5.50. The zero-order chi connectivity index (χ0) is 17.6. The van der Waals surface area contributed by atoms with Crippen LogP contribution in [0.25, 0.3) is 6.08 Å². The van der Waals surface area contributed by atoms with E-state index < -0.39 is 5.97 Å². The molecule has 1 aromatic heterocycles. The molecule has 2 heterocycles. The van der Waals surface area contributed by atoms with Crippen molar-refractivity contribution in [2.45, 2.75) is 18.9 Å². The smallest absolute Gasteiger partial charge is 0.356 e. The van der Waals surface area contributed by atoms with Gasteiger partial charge in [-0.2, -0.15) is 5.10 Å². The topological polar surface area (TPSA) is 67.6 Å². The number of para-hydroxylation sites is 1. The van der Waals surface area contributed by atoms with Crippen LogP contribution in [0.1, 0.15) is 34.9 Å². The molecule has 0 aliphatic carbocycles. The molecule has 6 heteroatoms. The molecule has 6 nitrogen and oxygen atoms in total. The van der Waals surface area contributed by atoms with Gasteiger partial charge in [0.1, 0.15) is 5.75 Å². The molecule has 2 aromatic rings. The van der Waals surface area contributed by atoms with E-state index in [1.54, 1.807) is 24.1 Å². The standard InChI is InChI=1S/C19H23N3O3/c1-25-18-7-3-2-5-15(18)6-4-11-21-12-8-16(9-13-21)22-14-10-17(20-22)19(23)24/h2-7,10,14,16H,8-9,11-13H2,1H3,(H,23,24)/b6-4+. The molecule has 1 aromatic carbocycles. The largest absolute Gasteiger partial charge is 0.496 e. The molecular formula is C19H23N3O3. The van der Waals surface area contributed by atoms with Crippen LogP contribution < -0.4 is 4.74 Å². The van der Waals surface area contributed by atoms with Gasteiger partial charge in [0.2, 0.25) is 0 Å². The van der Waals surface area contributed by atoms with Gasteiger partial charge in [-0.25, -0.2) is 4.79 Å². The Bertz CT molecular complexity index is 746. The maximum atomic E-state index is 10.9. The highest BCUT2D eigenvalue weighted by Crippen LogP contribution is 2.22. The number of likely N-dealkylation sites (tertiary alicyclic amines) is 1. The van der Waals surface area contributed by atoms with Gasteiger partial charge in [-0.05, 0) is 25.0 Å². The van der Waals surface area contributed by atoms with Gasteiger partial charge in [-0.3, -0.25) is 9.58 Å². The summed E-state index contributed by atoms with van der Waals surface area (Å²) in [5, 5.41) is 13.1. The molecule has 25 heavy (non-hydrogen) atoms. The molecule has 132 valence electrons. The number of piperidine rings is 1. The molecule has 0 radical (unpaired) electrons. The summed E-state index contributed by atoms with van der Waals surface area (Å²) in [5.41, 5.74) is 1.19. The van der Waals surface area contributed by atoms with Crippen LogP contribution in [-0.2, 0) is 0 Å². The molecular weight excluding hydrogens is 318 g/mol. The highest BCUT2D eigenvalue weighted by atomic mass is 16.5. The lowest BCUT2D eigenvalue weighted by atomic mass is 10.1. The zero-order valence-corrected chi connectivity index (χ0v) is 14.3. The van der Waals surface area contributed by atoms with Crippen LogP contribution in [0.5, 0.6) is 5.75 Å². The summed E-state index contributed by atoms with van der Waals surface area (Å²) < 4.78 is 7.15. The number of carbonyl (C=O) groups is 1. The number of carboxylic acid groups (broad SMARTS) is 1. The lowest BCUT2D eigenvalue weighted by Gasteiger charge is -2.31. The van der Waals surface area contributed by atoms with E-state index in [1.165, 1.54) is 0 Å². The predicted molar refractivity (Wildman–Crippen MR) is 95.9 cm³/mol. The van der Waals surface area contributed by atoms with Crippen LogP contribution in [0.2, 0.25) is 0 Å². The first-order valence-electron chi connectivity index (χ1n) is 8.47. The summed E-state index contributed by atoms with van der Waals surface area (Å²) in [6.07, 6.45) is 7.98. The monoisotopic (exact) mass is 341 g/mol. The Morgan fingerprint density at radius 2 is 2.08 bits per heavy atom. The molecule has 0 amide bonds. The number of ether oxygens (including phenoxy) is 1. The van der Waals surface area contributed by atoms with Crippen molar-refractivity contribution >= 4 is 12.0 Å². The van der Waals surface area contributed by atoms with Crippen LogP contribution in [-0.4, -0.2) is 52.5 Å². The summed E-state index contributed by atoms with van der Waals surface area (Å²) in [5.74, 6) is -0.0944. The van der Waals surface area contributed by atoms with E-state index in [0.29, 0.717) is 0 Å². The molecule has 0 unspecified atom stereocenters. The lowest BCUT2D eigenvalue weighted by molar-refractivity contribution is 0.0688. The molecule has 0 saturated carbocycles. The van der Waals surface area contributed by atoms with Gasteiger partial charge in [0.15, 0.2) is 5.69 Å². The molecule has 1 fully saturated rings. The van der Waals surface area contributed by atoms with Crippen LogP contribution in [0.3, 0.4) is 0 Å². The van der Waals surface area contributed by atoms with E-state index in [0.717, 1.165) is 43.8 Å². The van der Waals surface area contributed by atoms with E-state index >= 15 is 0 Å². The van der Waals surface area contributed by atoms with Crippen molar-refractivity contribution in [2.24, 2.45) is 0 Å². The van der Waals surface area contributed by atoms with Gasteiger partial charge in [0.25, 0.3) is 0 Å². The van der Waals surface area contributed by atoms with Crippen molar-refractivity contribution in [3.05, 3.63) is 53.9 Å². The first-order valence-corrected chi connectivity index (χ1v) is 8.47. The summed E-state index contributed by atoms with van der Waals surface area (Å²) in [6.45, 7) is 2.84. The highest BCUT2D eigenvalue weighted by Gasteiger charge is 2.21.